The van der Waals surface area contributed by atoms with E-state index in [4.69, 9.17) is 0 Å². The van der Waals surface area contributed by atoms with Crippen LogP contribution in [0.4, 0.5) is 0 Å². The summed E-state index contributed by atoms with van der Waals surface area (Å²) >= 11 is 0. The van der Waals surface area contributed by atoms with Crippen LogP contribution in [0.3, 0.4) is 0 Å². The molecule has 0 fully saturated rings. The lowest BCUT2D eigenvalue weighted by Gasteiger charge is -2.24. The van der Waals surface area contributed by atoms with E-state index in [9.17, 15) is 8.42 Å². The highest BCUT2D eigenvalue weighted by Gasteiger charge is 2.25. The lowest BCUT2D eigenvalue weighted by atomic mass is 10.1. The molecule has 0 aliphatic rings. The summed E-state index contributed by atoms with van der Waals surface area (Å²) in [7, 11) is -3.38. The van der Waals surface area contributed by atoms with E-state index >= 15 is 0 Å². The number of benzene rings is 1. The van der Waals surface area contributed by atoms with Gasteiger partial charge in [-0.2, -0.15) is 4.31 Å². The summed E-state index contributed by atoms with van der Waals surface area (Å²) < 4.78 is 26.6. The van der Waals surface area contributed by atoms with E-state index in [0.717, 1.165) is 31.5 Å². The predicted octanol–water partition coefficient (Wildman–Crippen LogP) is 2.65. The molecule has 0 heterocycles. The molecular formula is C16H28N2O2S. The Morgan fingerprint density at radius 3 is 2.19 bits per heavy atom. The van der Waals surface area contributed by atoms with Gasteiger partial charge in [0.1, 0.15) is 0 Å². The zero-order chi connectivity index (χ0) is 15.9. The standard InChI is InChI=1S/C16H28N2O2S/c1-5-12-17-13-11-15-7-9-16(10-8-15)21(19,20)18(6-2)14(3)4/h7-10,14,17H,5-6,11-13H2,1-4H3. The minimum Gasteiger partial charge on any atom is -0.316 e. The maximum atomic E-state index is 12.5. The maximum absolute atomic E-state index is 12.5. The molecule has 1 N–H and O–H groups in total. The Hall–Kier alpha value is -0.910. The molecule has 1 aromatic rings. The van der Waals surface area contributed by atoms with Gasteiger partial charge in [-0.1, -0.05) is 26.0 Å². The zero-order valence-corrected chi connectivity index (χ0v) is 14.4. The van der Waals surface area contributed by atoms with Crippen molar-refractivity contribution in [1.29, 1.82) is 0 Å². The van der Waals surface area contributed by atoms with E-state index in [1.165, 1.54) is 4.31 Å². The van der Waals surface area contributed by atoms with E-state index in [2.05, 4.69) is 12.2 Å². The highest BCUT2D eigenvalue weighted by Crippen LogP contribution is 2.18. The molecular weight excluding hydrogens is 284 g/mol. The summed E-state index contributed by atoms with van der Waals surface area (Å²) in [6.45, 7) is 10.2. The largest absolute Gasteiger partial charge is 0.316 e. The van der Waals surface area contributed by atoms with Crippen LogP contribution in [-0.4, -0.2) is 38.4 Å². The molecule has 1 aromatic carbocycles. The first kappa shape index (κ1) is 18.1. The molecule has 0 spiro atoms. The van der Waals surface area contributed by atoms with Gasteiger partial charge in [0.05, 0.1) is 4.90 Å². The maximum Gasteiger partial charge on any atom is 0.243 e. The first-order valence-electron chi connectivity index (χ1n) is 7.75. The van der Waals surface area contributed by atoms with Crippen LogP contribution >= 0.6 is 0 Å². The van der Waals surface area contributed by atoms with Crippen LogP contribution in [0.2, 0.25) is 0 Å². The molecule has 0 saturated heterocycles. The van der Waals surface area contributed by atoms with Crippen molar-refractivity contribution < 1.29 is 8.42 Å². The Bertz CT molecular complexity index is 510. The zero-order valence-electron chi connectivity index (χ0n) is 13.6. The van der Waals surface area contributed by atoms with Crippen molar-refractivity contribution in [1.82, 2.24) is 9.62 Å². The number of hydrogen-bond donors (Lipinski definition) is 1. The van der Waals surface area contributed by atoms with Crippen LogP contribution in [0.5, 0.6) is 0 Å². The highest BCUT2D eigenvalue weighted by atomic mass is 32.2. The topological polar surface area (TPSA) is 49.4 Å². The van der Waals surface area contributed by atoms with Crippen LogP contribution in [0, 0.1) is 0 Å². The second-order valence-electron chi connectivity index (χ2n) is 5.45. The van der Waals surface area contributed by atoms with Crippen molar-refractivity contribution in [3.05, 3.63) is 29.8 Å². The Morgan fingerprint density at radius 2 is 1.71 bits per heavy atom. The Balaban J connectivity index is 2.77. The molecule has 0 amide bonds. The lowest BCUT2D eigenvalue weighted by molar-refractivity contribution is 0.369. The SMILES string of the molecule is CCCNCCc1ccc(S(=O)(=O)N(CC)C(C)C)cc1. The molecule has 0 aromatic heterocycles. The van der Waals surface area contributed by atoms with Crippen LogP contribution in [-0.2, 0) is 16.4 Å². The third-order valence-electron chi connectivity index (χ3n) is 3.43. The molecule has 0 aliphatic carbocycles. The third kappa shape index (κ3) is 5.09. The van der Waals surface area contributed by atoms with E-state index < -0.39 is 10.0 Å². The molecule has 0 saturated carbocycles. The minimum absolute atomic E-state index is 0.0297. The van der Waals surface area contributed by atoms with Gasteiger partial charge in [0.25, 0.3) is 0 Å². The summed E-state index contributed by atoms with van der Waals surface area (Å²) in [5, 5.41) is 3.34. The summed E-state index contributed by atoms with van der Waals surface area (Å²) in [6.07, 6.45) is 2.04. The van der Waals surface area contributed by atoms with E-state index in [-0.39, 0.29) is 6.04 Å². The molecule has 0 radical (unpaired) electrons. The van der Waals surface area contributed by atoms with Crippen molar-refractivity contribution in [2.45, 2.75) is 51.5 Å². The average Bonchev–Trinajstić information content (AvgIpc) is 2.44. The quantitative estimate of drug-likeness (QED) is 0.713. The smallest absolute Gasteiger partial charge is 0.243 e. The summed E-state index contributed by atoms with van der Waals surface area (Å²) in [4.78, 5) is 0.378. The number of rotatable bonds is 9. The average molecular weight is 312 g/mol. The Kier molecular flexibility index (Phi) is 7.35. The number of nitrogens with one attached hydrogen (secondary N) is 1. The third-order valence-corrected chi connectivity index (χ3v) is 5.60. The number of hydrogen-bond acceptors (Lipinski definition) is 3. The summed E-state index contributed by atoms with van der Waals surface area (Å²) in [5.74, 6) is 0. The van der Waals surface area contributed by atoms with Gasteiger partial charge >= 0.3 is 0 Å². The molecule has 21 heavy (non-hydrogen) atoms. The van der Waals surface area contributed by atoms with Crippen LogP contribution in [0.25, 0.3) is 0 Å². The van der Waals surface area contributed by atoms with Gasteiger partial charge in [-0.15, -0.1) is 0 Å². The molecule has 120 valence electrons. The van der Waals surface area contributed by atoms with Crippen molar-refractivity contribution in [3.63, 3.8) is 0 Å². The molecule has 4 nitrogen and oxygen atoms in total. The molecule has 0 unspecified atom stereocenters. The fourth-order valence-electron chi connectivity index (χ4n) is 2.31. The molecule has 0 bridgehead atoms. The van der Waals surface area contributed by atoms with Crippen molar-refractivity contribution >= 4 is 10.0 Å². The van der Waals surface area contributed by atoms with Gasteiger partial charge in [0.2, 0.25) is 10.0 Å². The van der Waals surface area contributed by atoms with Gasteiger partial charge in [-0.25, -0.2) is 8.42 Å². The van der Waals surface area contributed by atoms with Crippen LogP contribution in [0.15, 0.2) is 29.2 Å². The minimum atomic E-state index is -3.38. The van der Waals surface area contributed by atoms with E-state index in [0.29, 0.717) is 11.4 Å². The van der Waals surface area contributed by atoms with Gasteiger partial charge in [0, 0.05) is 12.6 Å². The van der Waals surface area contributed by atoms with Gasteiger partial charge in [0.15, 0.2) is 0 Å². The first-order chi connectivity index (χ1) is 9.93. The number of nitrogens with zero attached hydrogens (tertiary/aromatic N) is 1. The highest BCUT2D eigenvalue weighted by molar-refractivity contribution is 7.89. The number of sulfonamides is 1. The Labute approximate surface area is 129 Å². The summed E-state index contributed by atoms with van der Waals surface area (Å²) in [6, 6.07) is 7.23. The van der Waals surface area contributed by atoms with Crippen molar-refractivity contribution in [3.8, 4) is 0 Å². The van der Waals surface area contributed by atoms with E-state index in [1.54, 1.807) is 12.1 Å². The lowest BCUT2D eigenvalue weighted by Crippen LogP contribution is -2.36. The van der Waals surface area contributed by atoms with Gasteiger partial charge < -0.3 is 5.32 Å². The molecule has 1 rings (SSSR count). The van der Waals surface area contributed by atoms with Crippen molar-refractivity contribution in [2.24, 2.45) is 0 Å². The predicted molar refractivity (Wildman–Crippen MR) is 88.0 cm³/mol. The molecule has 0 aliphatic heterocycles. The Morgan fingerprint density at radius 1 is 1.10 bits per heavy atom. The van der Waals surface area contributed by atoms with Crippen molar-refractivity contribution in [2.75, 3.05) is 19.6 Å². The first-order valence-corrected chi connectivity index (χ1v) is 9.19. The molecule has 0 atom stereocenters. The fraction of sp³-hybridized carbons (Fsp3) is 0.625. The van der Waals surface area contributed by atoms with E-state index in [1.807, 2.05) is 32.9 Å². The second-order valence-corrected chi connectivity index (χ2v) is 7.34. The van der Waals surface area contributed by atoms with Crippen LogP contribution < -0.4 is 5.32 Å². The van der Waals surface area contributed by atoms with Crippen LogP contribution in [0.1, 0.15) is 39.7 Å². The molecule has 5 heteroatoms. The summed E-state index contributed by atoms with van der Waals surface area (Å²) in [5.41, 5.74) is 1.16. The van der Waals surface area contributed by atoms with Gasteiger partial charge in [-0.05, 0) is 57.5 Å². The normalized spacial score (nSPS) is 12.3. The monoisotopic (exact) mass is 312 g/mol. The fourth-order valence-corrected chi connectivity index (χ4v) is 3.96. The second kappa shape index (κ2) is 8.51. The van der Waals surface area contributed by atoms with Gasteiger partial charge in [-0.3, -0.25) is 0 Å².